The Morgan fingerprint density at radius 3 is 2.32 bits per heavy atom. The van der Waals surface area contributed by atoms with Crippen molar-refractivity contribution in [3.05, 3.63) is 35.9 Å². The van der Waals surface area contributed by atoms with Gasteiger partial charge in [-0.25, -0.2) is 0 Å². The summed E-state index contributed by atoms with van der Waals surface area (Å²) in [5, 5.41) is 3.54. The molecule has 0 aromatic heterocycles. The fourth-order valence-corrected chi connectivity index (χ4v) is 2.58. The fraction of sp³-hybridized carbons (Fsp3) is 0.625. The Labute approximate surface area is 116 Å². The monoisotopic (exact) mass is 263 g/mol. The molecule has 1 saturated carbocycles. The van der Waals surface area contributed by atoms with E-state index in [9.17, 15) is 0 Å². The zero-order chi connectivity index (χ0) is 13.5. The molecule has 106 valence electrons. The SMILES string of the molecule is CCOC(CNC1CC(c2ccccc2)C1)OCC. The molecule has 3 nitrogen and oxygen atoms in total. The van der Waals surface area contributed by atoms with Crippen molar-refractivity contribution in [3.8, 4) is 0 Å². The van der Waals surface area contributed by atoms with Crippen molar-refractivity contribution in [1.82, 2.24) is 5.32 Å². The van der Waals surface area contributed by atoms with Gasteiger partial charge in [-0.15, -0.1) is 0 Å². The van der Waals surface area contributed by atoms with Crippen LogP contribution in [0.2, 0.25) is 0 Å². The third-order valence-corrected chi connectivity index (χ3v) is 3.69. The van der Waals surface area contributed by atoms with E-state index >= 15 is 0 Å². The van der Waals surface area contributed by atoms with Gasteiger partial charge in [-0.05, 0) is 38.2 Å². The van der Waals surface area contributed by atoms with Gasteiger partial charge in [0.05, 0.1) is 0 Å². The van der Waals surface area contributed by atoms with Gasteiger partial charge in [0.25, 0.3) is 0 Å². The summed E-state index contributed by atoms with van der Waals surface area (Å²) >= 11 is 0. The average Bonchev–Trinajstić information content (AvgIpc) is 2.38. The Morgan fingerprint density at radius 2 is 1.74 bits per heavy atom. The summed E-state index contributed by atoms with van der Waals surface area (Å²) < 4.78 is 11.1. The van der Waals surface area contributed by atoms with Crippen molar-refractivity contribution in [2.75, 3.05) is 19.8 Å². The molecule has 1 fully saturated rings. The molecule has 0 saturated heterocycles. The first-order valence-corrected chi connectivity index (χ1v) is 7.35. The normalized spacial score (nSPS) is 22.5. The van der Waals surface area contributed by atoms with Gasteiger partial charge in [0.2, 0.25) is 0 Å². The van der Waals surface area contributed by atoms with E-state index in [4.69, 9.17) is 9.47 Å². The summed E-state index contributed by atoms with van der Waals surface area (Å²) in [5.41, 5.74) is 1.46. The second-order valence-corrected chi connectivity index (χ2v) is 5.02. The van der Waals surface area contributed by atoms with Gasteiger partial charge in [-0.1, -0.05) is 30.3 Å². The Bertz CT molecular complexity index is 343. The lowest BCUT2D eigenvalue weighted by Gasteiger charge is -2.37. The maximum atomic E-state index is 5.53. The molecule has 0 bridgehead atoms. The van der Waals surface area contributed by atoms with E-state index in [0.29, 0.717) is 19.3 Å². The van der Waals surface area contributed by atoms with Crippen LogP contribution < -0.4 is 5.32 Å². The minimum absolute atomic E-state index is 0.106. The van der Waals surface area contributed by atoms with Crippen LogP contribution in [0.5, 0.6) is 0 Å². The smallest absolute Gasteiger partial charge is 0.169 e. The van der Waals surface area contributed by atoms with Gasteiger partial charge >= 0.3 is 0 Å². The van der Waals surface area contributed by atoms with Gasteiger partial charge in [0.15, 0.2) is 6.29 Å². The van der Waals surface area contributed by atoms with Crippen LogP contribution in [-0.4, -0.2) is 32.1 Å². The highest BCUT2D eigenvalue weighted by molar-refractivity contribution is 5.22. The van der Waals surface area contributed by atoms with Crippen LogP contribution in [-0.2, 0) is 9.47 Å². The summed E-state index contributed by atoms with van der Waals surface area (Å²) in [6.07, 6.45) is 2.33. The molecule has 0 unspecified atom stereocenters. The molecule has 1 aliphatic carbocycles. The molecule has 19 heavy (non-hydrogen) atoms. The topological polar surface area (TPSA) is 30.5 Å². The quantitative estimate of drug-likeness (QED) is 0.732. The van der Waals surface area contributed by atoms with E-state index in [1.807, 2.05) is 13.8 Å². The van der Waals surface area contributed by atoms with Crippen molar-refractivity contribution < 1.29 is 9.47 Å². The molecule has 1 aromatic rings. The standard InChI is InChI=1S/C16H25NO2/c1-3-18-16(19-4-2)12-17-15-10-14(11-15)13-8-6-5-7-9-13/h5-9,14-17H,3-4,10-12H2,1-2H3. The first-order valence-electron chi connectivity index (χ1n) is 7.35. The number of hydrogen-bond donors (Lipinski definition) is 1. The fourth-order valence-electron chi connectivity index (χ4n) is 2.58. The lowest BCUT2D eigenvalue weighted by Crippen LogP contribution is -2.44. The molecule has 1 aliphatic rings. The molecule has 1 N–H and O–H groups in total. The van der Waals surface area contributed by atoms with Crippen LogP contribution in [0, 0.1) is 0 Å². The zero-order valence-electron chi connectivity index (χ0n) is 12.0. The number of ether oxygens (including phenoxy) is 2. The van der Waals surface area contributed by atoms with Crippen molar-refractivity contribution in [2.45, 2.75) is 44.9 Å². The third-order valence-electron chi connectivity index (χ3n) is 3.69. The predicted octanol–water partition coefficient (Wildman–Crippen LogP) is 2.92. The molecule has 0 radical (unpaired) electrons. The van der Waals surface area contributed by atoms with Crippen molar-refractivity contribution in [3.63, 3.8) is 0 Å². The van der Waals surface area contributed by atoms with Crippen LogP contribution in [0.25, 0.3) is 0 Å². The van der Waals surface area contributed by atoms with E-state index in [0.717, 1.165) is 12.5 Å². The van der Waals surface area contributed by atoms with E-state index in [-0.39, 0.29) is 6.29 Å². The maximum absolute atomic E-state index is 5.53. The van der Waals surface area contributed by atoms with E-state index in [1.165, 1.54) is 18.4 Å². The zero-order valence-corrected chi connectivity index (χ0v) is 12.0. The van der Waals surface area contributed by atoms with Crippen LogP contribution in [0.4, 0.5) is 0 Å². The lowest BCUT2D eigenvalue weighted by molar-refractivity contribution is -0.134. The van der Waals surface area contributed by atoms with Gasteiger partial charge in [-0.3, -0.25) is 0 Å². The minimum atomic E-state index is -0.106. The number of nitrogens with one attached hydrogen (secondary N) is 1. The van der Waals surface area contributed by atoms with Gasteiger partial charge in [0, 0.05) is 25.8 Å². The summed E-state index contributed by atoms with van der Waals surface area (Å²) in [6.45, 7) is 6.18. The molecule has 0 atom stereocenters. The maximum Gasteiger partial charge on any atom is 0.169 e. The molecular formula is C16H25NO2. The first-order chi connectivity index (χ1) is 9.33. The Morgan fingerprint density at radius 1 is 1.11 bits per heavy atom. The largest absolute Gasteiger partial charge is 0.352 e. The highest BCUT2D eigenvalue weighted by atomic mass is 16.7. The summed E-state index contributed by atoms with van der Waals surface area (Å²) in [7, 11) is 0. The summed E-state index contributed by atoms with van der Waals surface area (Å²) in [4.78, 5) is 0. The molecule has 2 rings (SSSR count). The van der Waals surface area contributed by atoms with Crippen LogP contribution >= 0.6 is 0 Å². The van der Waals surface area contributed by atoms with Crippen molar-refractivity contribution in [1.29, 1.82) is 0 Å². The van der Waals surface area contributed by atoms with Crippen molar-refractivity contribution >= 4 is 0 Å². The summed E-state index contributed by atoms with van der Waals surface area (Å²) in [5.74, 6) is 0.719. The molecule has 0 heterocycles. The molecule has 3 heteroatoms. The highest BCUT2D eigenvalue weighted by Gasteiger charge is 2.30. The molecule has 0 spiro atoms. The molecular weight excluding hydrogens is 238 g/mol. The number of rotatable bonds is 8. The van der Waals surface area contributed by atoms with E-state index in [2.05, 4.69) is 35.6 Å². The second kappa shape index (κ2) is 7.63. The molecule has 1 aromatic carbocycles. The molecule has 0 amide bonds. The number of benzene rings is 1. The van der Waals surface area contributed by atoms with Crippen molar-refractivity contribution in [2.24, 2.45) is 0 Å². The Balaban J connectivity index is 1.67. The third kappa shape index (κ3) is 4.30. The average molecular weight is 263 g/mol. The summed E-state index contributed by atoms with van der Waals surface area (Å²) in [6, 6.07) is 11.4. The van der Waals surface area contributed by atoms with Gasteiger partial charge in [-0.2, -0.15) is 0 Å². The molecule has 0 aliphatic heterocycles. The second-order valence-electron chi connectivity index (χ2n) is 5.02. The lowest BCUT2D eigenvalue weighted by atomic mass is 9.76. The predicted molar refractivity (Wildman–Crippen MR) is 77.2 cm³/mol. The van der Waals surface area contributed by atoms with Gasteiger partial charge < -0.3 is 14.8 Å². The Hall–Kier alpha value is -0.900. The minimum Gasteiger partial charge on any atom is -0.352 e. The van der Waals surface area contributed by atoms with Gasteiger partial charge in [0.1, 0.15) is 0 Å². The Kier molecular flexibility index (Phi) is 5.83. The van der Waals surface area contributed by atoms with Crippen LogP contribution in [0.1, 0.15) is 38.2 Å². The first kappa shape index (κ1) is 14.5. The van der Waals surface area contributed by atoms with E-state index < -0.39 is 0 Å². The van der Waals surface area contributed by atoms with Crippen LogP contribution in [0.3, 0.4) is 0 Å². The van der Waals surface area contributed by atoms with Crippen LogP contribution in [0.15, 0.2) is 30.3 Å². The van der Waals surface area contributed by atoms with E-state index in [1.54, 1.807) is 0 Å². The highest BCUT2D eigenvalue weighted by Crippen LogP contribution is 2.36. The number of hydrogen-bond acceptors (Lipinski definition) is 3.